The number of halogens is 39. The number of benzene rings is 2. The molecule has 0 amide bonds. The second kappa shape index (κ2) is 25.3. The number of hydrogen-bond acceptors (Lipinski definition) is 6. The van der Waals surface area contributed by atoms with Crippen LogP contribution < -0.4 is 18.9 Å². The van der Waals surface area contributed by atoms with Crippen LogP contribution in [0.15, 0.2) is 36.4 Å². The van der Waals surface area contributed by atoms with Gasteiger partial charge in [0.15, 0.2) is 11.5 Å². The molecule has 514 valence electrons. The topological polar surface area (TPSA) is 77.8 Å². The van der Waals surface area contributed by atoms with E-state index in [0.29, 0.717) is 0 Å². The van der Waals surface area contributed by atoms with E-state index in [-0.39, 0.29) is 17.7 Å². The molecular weight excluding hydrogens is 1360 g/mol. The van der Waals surface area contributed by atoms with Crippen LogP contribution >= 0.6 is 0 Å². The van der Waals surface area contributed by atoms with E-state index in [1.165, 1.54) is 0 Å². The second-order valence-corrected chi connectivity index (χ2v) is 18.2. The third-order valence-electron chi connectivity index (χ3n) is 11.9. The number of carbonyl (C=O) groups excluding carboxylic acids is 1. The van der Waals surface area contributed by atoms with Crippen LogP contribution in [0.2, 0.25) is 0 Å². The molecule has 45 heteroatoms. The molecule has 0 aliphatic heterocycles. The molecule has 0 spiro atoms. The highest BCUT2D eigenvalue weighted by Crippen LogP contribution is 2.64. The summed E-state index contributed by atoms with van der Waals surface area (Å²) in [5, 5.41) is 8.98. The molecule has 0 atom stereocenters. The number of alkyl halides is 39. The van der Waals surface area contributed by atoms with Crippen LogP contribution in [-0.2, 0) is 0 Å². The van der Waals surface area contributed by atoms with Gasteiger partial charge in [0.25, 0.3) is 0 Å². The normalized spacial score (nSPS) is 15.0. The van der Waals surface area contributed by atoms with E-state index < -0.39 is 220 Å². The summed E-state index contributed by atoms with van der Waals surface area (Å²) in [5.41, 5.74) is -1.33. The van der Waals surface area contributed by atoms with Gasteiger partial charge in [0.1, 0.15) is 5.75 Å². The van der Waals surface area contributed by atoms with Gasteiger partial charge in [-0.05, 0) is 74.9 Å². The smallest absolute Gasteiger partial charge is 0.460 e. The third kappa shape index (κ3) is 14.3. The Balaban J connectivity index is 2.71. The molecule has 2 rings (SSSR count). The molecule has 0 aromatic heterocycles. The minimum absolute atomic E-state index is 0.174. The van der Waals surface area contributed by atoms with E-state index in [0.717, 1.165) is 24.3 Å². The summed E-state index contributed by atoms with van der Waals surface area (Å²) in [4.78, 5) is 13.3. The molecule has 2 aromatic rings. The highest BCUT2D eigenvalue weighted by molar-refractivity contribution is 5.92. The number of nitrogens with zero attached hydrogens (tertiary/aromatic N) is 1. The van der Waals surface area contributed by atoms with Gasteiger partial charge in [-0.1, -0.05) is 0 Å². The van der Waals surface area contributed by atoms with Gasteiger partial charge >= 0.3 is 113 Å². The van der Waals surface area contributed by atoms with E-state index in [2.05, 4.69) is 0 Å². The number of nitriles is 1. The quantitative estimate of drug-likeness (QED) is 0.0314. The molecule has 0 unspecified atom stereocenters. The van der Waals surface area contributed by atoms with Crippen LogP contribution in [0.5, 0.6) is 23.0 Å². The average molecular weight is 1390 g/mol. The maximum atomic E-state index is 14.5. The average Bonchev–Trinajstić information content (AvgIpc) is 0.857. The largest absolute Gasteiger partial charge is 0.490 e. The molecule has 0 aliphatic carbocycles. The SMILES string of the molecule is N#Cc1ccc(OC(=O)c2cc(OCCCCC(F)(F)C(F)(F)C(F)(F)C(F)(F)C(F)(F)C(F)(F)F)c(OCCCCC(F)(F)C(F)(F)C(F)(F)C(F)(F)C(F)(F)C(F)(F)F)c(OCCCCC(F)(F)C(F)(F)C(F)(F)C(F)(F)C(F)(F)C(F)(F)F)c2)cc1. The fourth-order valence-electron chi connectivity index (χ4n) is 6.58. The third-order valence-corrected chi connectivity index (χ3v) is 11.9. The van der Waals surface area contributed by atoms with Crippen molar-refractivity contribution >= 4 is 5.97 Å². The zero-order valence-electron chi connectivity index (χ0n) is 42.2. The molecule has 0 bridgehead atoms. The van der Waals surface area contributed by atoms with Gasteiger partial charge in [-0.15, -0.1) is 0 Å². The lowest BCUT2D eigenvalue weighted by Gasteiger charge is -2.39. The van der Waals surface area contributed by atoms with Crippen molar-refractivity contribution in [2.45, 2.75) is 165 Å². The first kappa shape index (κ1) is 79.2. The van der Waals surface area contributed by atoms with Crippen molar-refractivity contribution in [2.75, 3.05) is 19.8 Å². The van der Waals surface area contributed by atoms with Crippen molar-refractivity contribution in [3.8, 4) is 29.1 Å². The van der Waals surface area contributed by atoms with Gasteiger partial charge in [-0.3, -0.25) is 0 Å². The summed E-state index contributed by atoms with van der Waals surface area (Å²) in [6, 6.07) is 5.48. The number of hydrogen-bond donors (Lipinski definition) is 0. The number of unbranched alkanes of at least 4 members (excludes halogenated alkanes) is 3. The van der Waals surface area contributed by atoms with Gasteiger partial charge in [-0.2, -0.15) is 176 Å². The molecule has 0 saturated heterocycles. The van der Waals surface area contributed by atoms with E-state index in [1.807, 2.05) is 0 Å². The first-order chi connectivity index (χ1) is 39.3. The molecule has 0 aliphatic rings. The van der Waals surface area contributed by atoms with Crippen LogP contribution in [0.1, 0.15) is 73.7 Å². The van der Waals surface area contributed by atoms with Crippen molar-refractivity contribution in [3.05, 3.63) is 47.5 Å². The lowest BCUT2D eigenvalue weighted by Crippen LogP contribution is -2.70. The molecule has 2 aromatic carbocycles. The molecule has 0 radical (unpaired) electrons. The Bertz CT molecular complexity index is 2650. The maximum absolute atomic E-state index is 14.5. The highest BCUT2D eigenvalue weighted by atomic mass is 19.5. The Morgan fingerprint density at radius 2 is 0.584 bits per heavy atom. The number of rotatable bonds is 32. The van der Waals surface area contributed by atoms with Crippen LogP contribution in [0.25, 0.3) is 0 Å². The summed E-state index contributed by atoms with van der Waals surface area (Å²) < 4.78 is 551. The van der Waals surface area contributed by atoms with Crippen LogP contribution in [0, 0.1) is 11.3 Å². The van der Waals surface area contributed by atoms with Crippen LogP contribution in [-0.4, -0.2) is 133 Å². The fourth-order valence-corrected chi connectivity index (χ4v) is 6.58. The molecule has 0 saturated carbocycles. The monoisotopic (exact) mass is 1390 g/mol. The van der Waals surface area contributed by atoms with Gasteiger partial charge in [0.2, 0.25) is 5.75 Å². The Labute approximate surface area is 468 Å². The molecule has 0 N–H and O–H groups in total. The van der Waals surface area contributed by atoms with E-state index in [1.54, 1.807) is 6.07 Å². The Kier molecular flexibility index (Phi) is 22.5. The molecular formula is C44H30F39NO5. The zero-order valence-corrected chi connectivity index (χ0v) is 42.2. The van der Waals surface area contributed by atoms with Crippen LogP contribution in [0.3, 0.4) is 0 Å². The lowest BCUT2D eigenvalue weighted by atomic mass is 9.92. The van der Waals surface area contributed by atoms with Crippen molar-refractivity contribution in [3.63, 3.8) is 0 Å². The van der Waals surface area contributed by atoms with Gasteiger partial charge in [0, 0.05) is 19.3 Å². The summed E-state index contributed by atoms with van der Waals surface area (Å²) >= 11 is 0. The Hall–Kier alpha value is -5.93. The van der Waals surface area contributed by atoms with E-state index in [4.69, 9.17) is 24.2 Å². The zero-order chi connectivity index (χ0) is 70.3. The van der Waals surface area contributed by atoms with E-state index >= 15 is 0 Å². The van der Waals surface area contributed by atoms with E-state index in [9.17, 15) is 176 Å². The van der Waals surface area contributed by atoms with Crippen molar-refractivity contribution in [1.29, 1.82) is 5.26 Å². The maximum Gasteiger partial charge on any atom is 0.460 e. The fraction of sp³-hybridized carbons (Fsp3) is 0.682. The predicted octanol–water partition coefficient (Wildman–Crippen LogP) is 18.6. The summed E-state index contributed by atoms with van der Waals surface area (Å²) in [5.74, 6) is -125. The highest BCUT2D eigenvalue weighted by Gasteiger charge is 2.93. The molecule has 89 heavy (non-hydrogen) atoms. The summed E-state index contributed by atoms with van der Waals surface area (Å²) in [6.45, 7) is -4.71. The summed E-state index contributed by atoms with van der Waals surface area (Å²) in [7, 11) is 0. The minimum Gasteiger partial charge on any atom is -0.490 e. The molecule has 6 nitrogen and oxygen atoms in total. The molecule has 0 fully saturated rings. The van der Waals surface area contributed by atoms with Crippen molar-refractivity contribution < 1.29 is 195 Å². The van der Waals surface area contributed by atoms with Crippen molar-refractivity contribution in [1.82, 2.24) is 0 Å². The predicted molar refractivity (Wildman–Crippen MR) is 213 cm³/mol. The van der Waals surface area contributed by atoms with Gasteiger partial charge < -0.3 is 18.9 Å². The number of carbonyl (C=O) groups is 1. The Morgan fingerprint density at radius 3 is 0.831 bits per heavy atom. The van der Waals surface area contributed by atoms with Gasteiger partial charge in [-0.25, -0.2) is 4.79 Å². The second-order valence-electron chi connectivity index (χ2n) is 18.2. The summed E-state index contributed by atoms with van der Waals surface area (Å²) in [6.07, 6.45) is -42.3. The lowest BCUT2D eigenvalue weighted by molar-refractivity contribution is -0.440. The minimum atomic E-state index is -8.38. The number of esters is 1. The Morgan fingerprint density at radius 1 is 0.337 bits per heavy atom. The van der Waals surface area contributed by atoms with Crippen LogP contribution in [0.4, 0.5) is 171 Å². The standard InChI is InChI=1S/C44H30F39NO5/c45-27(46,30(51,52)33(57,58)36(63,64)39(69,70)42(75,76)77)11-1-4-14-86-23-17-21(26(85)89-22-9-7-20(19-84)8-10-22)18-24(87-15-5-2-12-28(47,48)31(53,54)34(59,60)37(65,66)40(71,72)43(78,79)80)25(23)88-16-6-3-13-29(49,50)32(55,56)35(61,62)38(67,68)41(73,74)44(81,82)83/h7-10,17-18H,1-6,11-16H2. The first-order valence-electron chi connectivity index (χ1n) is 23.0. The van der Waals surface area contributed by atoms with Gasteiger partial charge in [0.05, 0.1) is 37.0 Å². The first-order valence-corrected chi connectivity index (χ1v) is 23.0. The molecule has 0 heterocycles. The van der Waals surface area contributed by atoms with Crippen molar-refractivity contribution in [2.24, 2.45) is 0 Å². The number of ether oxygens (including phenoxy) is 4.